The first kappa shape index (κ1) is 36.4. The predicted molar refractivity (Wildman–Crippen MR) is 201 cm³/mol. The number of ether oxygens (including phenoxy) is 2. The van der Waals surface area contributed by atoms with Crippen LogP contribution in [0.25, 0.3) is 11.1 Å². The molecule has 52 heavy (non-hydrogen) atoms. The van der Waals surface area contributed by atoms with Crippen molar-refractivity contribution in [1.29, 1.82) is 0 Å². The molecule has 5 fully saturated rings. The fourth-order valence-corrected chi connectivity index (χ4v) is 9.23. The van der Waals surface area contributed by atoms with E-state index in [1.54, 1.807) is 18.9 Å². The van der Waals surface area contributed by atoms with E-state index in [1.807, 2.05) is 28.0 Å². The molecule has 3 heterocycles. The number of carbonyl (C=O) groups excluding carboxylic acids is 2. The maximum atomic E-state index is 14.7. The second-order valence-electron chi connectivity index (χ2n) is 17.3. The van der Waals surface area contributed by atoms with Crippen LogP contribution in [0.4, 0.5) is 10.6 Å². The van der Waals surface area contributed by atoms with Crippen molar-refractivity contribution in [3.8, 4) is 16.9 Å². The second-order valence-corrected chi connectivity index (χ2v) is 17.3. The molecule has 5 aliphatic rings. The number of anilines is 1. The third-order valence-corrected chi connectivity index (χ3v) is 13.2. The monoisotopic (exact) mass is 711 g/mol. The molecule has 4 saturated carbocycles. The van der Waals surface area contributed by atoms with Crippen molar-refractivity contribution in [2.75, 3.05) is 31.6 Å². The summed E-state index contributed by atoms with van der Waals surface area (Å²) in [5, 5.41) is 14.7. The highest BCUT2D eigenvalue weighted by Gasteiger charge is 2.51. The zero-order valence-corrected chi connectivity index (χ0v) is 32.0. The summed E-state index contributed by atoms with van der Waals surface area (Å²) in [5.41, 5.74) is 3.90. The number of methoxy groups -OCH3 is 1. The van der Waals surface area contributed by atoms with Crippen LogP contribution in [0.2, 0.25) is 0 Å². The number of aromatic nitrogens is 3. The topological polar surface area (TPSA) is 110 Å². The van der Waals surface area contributed by atoms with Gasteiger partial charge < -0.3 is 19.5 Å². The standard InChI is InChI=1S/C42H57N5O5/c1-7-39(3,4)47-25-32(24-44-47)31-14-21-43-36(23-31)46(37(48)30-8-11-34(12-9-30)52-38(49)45-26-40(5,50)27-45)28-41-15-18-42(19-16-41,20-17-41)33-10-13-35(51-6)29(2)22-33/h10,13-14,21-25,30,34,50H,7-9,11-12,15-20,26-28H2,1-6H3/t30-,34-,41?,42?. The number of nitrogens with zero attached hydrogens (tertiary/aromatic N) is 5. The van der Waals surface area contributed by atoms with E-state index in [2.05, 4.69) is 58.2 Å². The smallest absolute Gasteiger partial charge is 0.410 e. The molecule has 280 valence electrons. The number of likely N-dealkylation sites (tertiary alicyclic amines) is 1. The van der Waals surface area contributed by atoms with E-state index >= 15 is 0 Å². The molecule has 10 heteroatoms. The average Bonchev–Trinajstić information content (AvgIpc) is 3.66. The summed E-state index contributed by atoms with van der Waals surface area (Å²) >= 11 is 0. The lowest BCUT2D eigenvalue weighted by Crippen LogP contribution is -2.62. The zero-order valence-electron chi connectivity index (χ0n) is 32.0. The van der Waals surface area contributed by atoms with Crippen LogP contribution < -0.4 is 9.64 Å². The van der Waals surface area contributed by atoms with Gasteiger partial charge in [-0.1, -0.05) is 19.1 Å². The fraction of sp³-hybridized carbons (Fsp3) is 0.619. The number of pyridine rings is 1. The van der Waals surface area contributed by atoms with Gasteiger partial charge in [-0.05, 0) is 144 Å². The minimum Gasteiger partial charge on any atom is -0.496 e. The van der Waals surface area contributed by atoms with Crippen LogP contribution in [0.5, 0.6) is 5.75 Å². The van der Waals surface area contributed by atoms with E-state index in [0.29, 0.717) is 51.1 Å². The van der Waals surface area contributed by atoms with E-state index in [9.17, 15) is 14.7 Å². The first-order valence-corrected chi connectivity index (χ1v) is 19.4. The maximum absolute atomic E-state index is 14.7. The Morgan fingerprint density at radius 3 is 2.31 bits per heavy atom. The van der Waals surface area contributed by atoms with Gasteiger partial charge in [0.2, 0.25) is 5.91 Å². The highest BCUT2D eigenvalue weighted by Crippen LogP contribution is 2.58. The Kier molecular flexibility index (Phi) is 9.68. The molecule has 2 bridgehead atoms. The Morgan fingerprint density at radius 1 is 1.00 bits per heavy atom. The third-order valence-electron chi connectivity index (χ3n) is 13.2. The van der Waals surface area contributed by atoms with Crippen molar-refractivity contribution in [2.45, 2.75) is 128 Å². The molecule has 1 aliphatic heterocycles. The molecule has 4 aliphatic carbocycles. The number of hydrogen-bond donors (Lipinski definition) is 1. The largest absolute Gasteiger partial charge is 0.496 e. The molecular formula is C42H57N5O5. The first-order valence-electron chi connectivity index (χ1n) is 19.4. The number of aliphatic hydroxyl groups is 1. The molecule has 0 unspecified atom stereocenters. The van der Waals surface area contributed by atoms with Crippen LogP contribution in [0.3, 0.4) is 0 Å². The van der Waals surface area contributed by atoms with Gasteiger partial charge in [0.1, 0.15) is 17.7 Å². The van der Waals surface area contributed by atoms with Crippen LogP contribution in [-0.4, -0.2) is 75.2 Å². The molecule has 3 aromatic rings. The van der Waals surface area contributed by atoms with Crippen molar-refractivity contribution in [3.05, 3.63) is 60.0 Å². The number of hydrogen-bond acceptors (Lipinski definition) is 7. The van der Waals surface area contributed by atoms with Crippen LogP contribution in [0, 0.1) is 18.3 Å². The van der Waals surface area contributed by atoms with Crippen molar-refractivity contribution in [3.63, 3.8) is 0 Å². The molecular weight excluding hydrogens is 654 g/mol. The Morgan fingerprint density at radius 2 is 1.69 bits per heavy atom. The number of β-amino-alcohol motifs (C(OH)–C–C–N with tert-alkyl or cyclic N) is 1. The van der Waals surface area contributed by atoms with Crippen molar-refractivity contribution < 1.29 is 24.2 Å². The SMILES string of the molecule is CCC(C)(C)n1cc(-c2ccnc(N(CC34CCC(c5ccc(OC)c(C)c5)(CC3)CC4)C(=O)[C@H]3CC[C@H](OC(=O)N4CC(C)(O)C4)CC3)c2)cn1. The summed E-state index contributed by atoms with van der Waals surface area (Å²) in [6, 6.07) is 10.8. The fourth-order valence-electron chi connectivity index (χ4n) is 9.23. The van der Waals surface area contributed by atoms with Gasteiger partial charge in [-0.2, -0.15) is 5.10 Å². The molecule has 2 aromatic heterocycles. The van der Waals surface area contributed by atoms with Gasteiger partial charge in [0.15, 0.2) is 0 Å². The van der Waals surface area contributed by atoms with E-state index in [4.69, 9.17) is 19.6 Å². The number of aryl methyl sites for hydroxylation is 1. The van der Waals surface area contributed by atoms with Crippen molar-refractivity contribution in [1.82, 2.24) is 19.7 Å². The lowest BCUT2D eigenvalue weighted by molar-refractivity contribution is -0.125. The number of benzene rings is 1. The van der Waals surface area contributed by atoms with Crippen LogP contribution in [-0.2, 0) is 20.5 Å². The molecule has 1 aromatic carbocycles. The first-order chi connectivity index (χ1) is 24.7. The lowest BCUT2D eigenvalue weighted by Gasteiger charge is -2.55. The minimum absolute atomic E-state index is 0.0395. The second kappa shape index (κ2) is 13.8. The highest BCUT2D eigenvalue weighted by atomic mass is 16.6. The molecule has 1 saturated heterocycles. The maximum Gasteiger partial charge on any atom is 0.410 e. The molecule has 0 spiro atoms. The van der Waals surface area contributed by atoms with Gasteiger partial charge in [0, 0.05) is 30.4 Å². The lowest BCUT2D eigenvalue weighted by atomic mass is 9.51. The van der Waals surface area contributed by atoms with Gasteiger partial charge >= 0.3 is 6.09 Å². The number of amides is 2. The van der Waals surface area contributed by atoms with E-state index in [0.717, 1.165) is 61.8 Å². The van der Waals surface area contributed by atoms with Gasteiger partial charge in [-0.15, -0.1) is 0 Å². The van der Waals surface area contributed by atoms with Crippen molar-refractivity contribution in [2.24, 2.45) is 11.3 Å². The Labute approximate surface area is 308 Å². The van der Waals surface area contributed by atoms with Gasteiger partial charge in [-0.3, -0.25) is 14.4 Å². The normalized spacial score (nSPS) is 26.8. The molecule has 0 radical (unpaired) electrons. The number of fused-ring (bicyclic) bond motifs is 3. The summed E-state index contributed by atoms with van der Waals surface area (Å²) in [7, 11) is 1.73. The highest BCUT2D eigenvalue weighted by molar-refractivity contribution is 5.95. The van der Waals surface area contributed by atoms with Gasteiger partial charge in [-0.25, -0.2) is 9.78 Å². The summed E-state index contributed by atoms with van der Waals surface area (Å²) in [6.07, 6.45) is 15.4. The third kappa shape index (κ3) is 7.07. The van der Waals surface area contributed by atoms with Crippen molar-refractivity contribution >= 4 is 17.8 Å². The average molecular weight is 712 g/mol. The van der Waals surface area contributed by atoms with E-state index in [1.165, 1.54) is 11.1 Å². The van der Waals surface area contributed by atoms with Gasteiger partial charge in [0.25, 0.3) is 0 Å². The quantitative estimate of drug-likeness (QED) is 0.229. The Hall–Kier alpha value is -3.92. The van der Waals surface area contributed by atoms with Crippen LogP contribution in [0.1, 0.15) is 109 Å². The number of rotatable bonds is 10. The summed E-state index contributed by atoms with van der Waals surface area (Å²) in [4.78, 5) is 35.8. The molecule has 0 atom stereocenters. The minimum atomic E-state index is -0.836. The van der Waals surface area contributed by atoms with Crippen LogP contribution in [0.15, 0.2) is 48.9 Å². The predicted octanol–water partition coefficient (Wildman–Crippen LogP) is 7.79. The van der Waals surface area contributed by atoms with E-state index in [-0.39, 0.29) is 40.4 Å². The summed E-state index contributed by atoms with van der Waals surface area (Å²) < 4.78 is 13.4. The van der Waals surface area contributed by atoms with E-state index < -0.39 is 5.60 Å². The molecule has 10 nitrogen and oxygen atoms in total. The molecule has 8 rings (SSSR count). The summed E-state index contributed by atoms with van der Waals surface area (Å²) in [6.45, 7) is 11.6. The zero-order chi connectivity index (χ0) is 36.9. The molecule has 1 N–H and O–H groups in total. The molecule has 2 amide bonds. The Bertz CT molecular complexity index is 1760. The Balaban J connectivity index is 1.10. The summed E-state index contributed by atoms with van der Waals surface area (Å²) in [5.74, 6) is 1.59. The van der Waals surface area contributed by atoms with Gasteiger partial charge in [0.05, 0.1) is 37.5 Å². The number of carbonyl (C=O) groups is 2. The van der Waals surface area contributed by atoms with Crippen LogP contribution >= 0.6 is 0 Å².